The van der Waals surface area contributed by atoms with Crippen molar-refractivity contribution in [2.24, 2.45) is 0 Å². The number of carbonyl (C=O) groups is 1. The van der Waals surface area contributed by atoms with Gasteiger partial charge in [-0.1, -0.05) is 0 Å². The second kappa shape index (κ2) is 5.61. The van der Waals surface area contributed by atoms with Crippen molar-refractivity contribution in [2.75, 3.05) is 20.2 Å². The first-order chi connectivity index (χ1) is 9.02. The third-order valence-corrected chi connectivity index (χ3v) is 3.73. The highest BCUT2D eigenvalue weighted by molar-refractivity contribution is 5.97. The van der Waals surface area contributed by atoms with Gasteiger partial charge in [0.25, 0.3) is 5.91 Å². The van der Waals surface area contributed by atoms with E-state index in [1.54, 1.807) is 12.0 Å². The molecule has 104 valence electrons. The van der Waals surface area contributed by atoms with Crippen LogP contribution >= 0.6 is 0 Å². The number of aliphatic hydroxyl groups excluding tert-OH is 1. The molecule has 0 spiro atoms. The molecule has 1 heterocycles. The molecule has 1 aromatic carbocycles. The first-order valence-corrected chi connectivity index (χ1v) is 6.65. The number of ether oxygens (including phenoxy) is 1. The molecule has 1 saturated heterocycles. The highest BCUT2D eigenvalue weighted by Gasteiger charge is 2.25. The van der Waals surface area contributed by atoms with E-state index in [0.29, 0.717) is 24.4 Å². The fourth-order valence-electron chi connectivity index (χ4n) is 2.44. The van der Waals surface area contributed by atoms with Gasteiger partial charge in [-0.25, -0.2) is 0 Å². The van der Waals surface area contributed by atoms with E-state index >= 15 is 0 Å². The van der Waals surface area contributed by atoms with E-state index in [2.05, 4.69) is 0 Å². The average molecular weight is 263 g/mol. The van der Waals surface area contributed by atoms with Gasteiger partial charge in [0.15, 0.2) is 0 Å². The maximum Gasteiger partial charge on any atom is 0.257 e. The summed E-state index contributed by atoms with van der Waals surface area (Å²) in [6.07, 6.45) is 1.21. The summed E-state index contributed by atoms with van der Waals surface area (Å²) in [5.41, 5.74) is 2.76. The van der Waals surface area contributed by atoms with E-state index in [9.17, 15) is 9.90 Å². The van der Waals surface area contributed by atoms with Crippen LogP contribution in [-0.4, -0.2) is 42.2 Å². The number of hydrogen-bond acceptors (Lipinski definition) is 3. The highest BCUT2D eigenvalue weighted by atomic mass is 16.5. The van der Waals surface area contributed by atoms with Crippen molar-refractivity contribution in [2.45, 2.75) is 32.8 Å². The Bertz CT molecular complexity index is 485. The Labute approximate surface area is 114 Å². The molecule has 0 bridgehead atoms. The number of hydrogen-bond donors (Lipinski definition) is 1. The molecule has 2 rings (SSSR count). The molecule has 1 aliphatic heterocycles. The monoisotopic (exact) mass is 263 g/mol. The Kier molecular flexibility index (Phi) is 4.10. The molecular weight excluding hydrogens is 242 g/mol. The lowest BCUT2D eigenvalue weighted by Gasteiger charge is -2.30. The molecule has 0 saturated carbocycles. The maximum atomic E-state index is 12.5. The number of piperidine rings is 1. The molecule has 1 unspecified atom stereocenters. The third-order valence-electron chi connectivity index (χ3n) is 3.73. The third kappa shape index (κ3) is 2.89. The number of aliphatic hydroxyl groups is 1. The van der Waals surface area contributed by atoms with Gasteiger partial charge in [-0.3, -0.25) is 4.79 Å². The summed E-state index contributed by atoms with van der Waals surface area (Å²) in [5.74, 6) is 0.548. The van der Waals surface area contributed by atoms with Crippen molar-refractivity contribution in [3.05, 3.63) is 28.8 Å². The maximum absolute atomic E-state index is 12.5. The molecule has 1 amide bonds. The SMILES string of the molecule is COc1cc(C)c(C)cc1C(=O)N1CCCC(O)C1. The number of aryl methyl sites for hydroxylation is 2. The Balaban J connectivity index is 2.30. The summed E-state index contributed by atoms with van der Waals surface area (Å²) in [5, 5.41) is 9.68. The molecule has 4 heteroatoms. The normalized spacial score (nSPS) is 19.4. The van der Waals surface area contributed by atoms with Crippen LogP contribution in [-0.2, 0) is 0 Å². The molecule has 0 aliphatic carbocycles. The topological polar surface area (TPSA) is 49.8 Å². The van der Waals surface area contributed by atoms with Gasteiger partial charge in [0.2, 0.25) is 0 Å². The van der Waals surface area contributed by atoms with Gasteiger partial charge in [-0.15, -0.1) is 0 Å². The van der Waals surface area contributed by atoms with Crippen molar-refractivity contribution < 1.29 is 14.6 Å². The number of benzene rings is 1. The average Bonchev–Trinajstić information content (AvgIpc) is 2.40. The van der Waals surface area contributed by atoms with Crippen LogP contribution in [0.15, 0.2) is 12.1 Å². The Morgan fingerprint density at radius 3 is 2.68 bits per heavy atom. The summed E-state index contributed by atoms with van der Waals surface area (Å²) in [4.78, 5) is 14.2. The van der Waals surface area contributed by atoms with Gasteiger partial charge < -0.3 is 14.7 Å². The zero-order valence-electron chi connectivity index (χ0n) is 11.8. The van der Waals surface area contributed by atoms with Crippen LogP contribution in [0.3, 0.4) is 0 Å². The lowest BCUT2D eigenvalue weighted by Crippen LogP contribution is -2.42. The van der Waals surface area contributed by atoms with Gasteiger partial charge >= 0.3 is 0 Å². The van der Waals surface area contributed by atoms with Gasteiger partial charge in [0, 0.05) is 13.1 Å². The minimum atomic E-state index is -0.407. The van der Waals surface area contributed by atoms with E-state index in [0.717, 1.165) is 24.0 Å². The Morgan fingerprint density at radius 2 is 2.05 bits per heavy atom. The quantitative estimate of drug-likeness (QED) is 0.886. The van der Waals surface area contributed by atoms with Crippen LogP contribution in [0.1, 0.15) is 34.3 Å². The summed E-state index contributed by atoms with van der Waals surface area (Å²) in [6.45, 7) is 5.09. The number of amides is 1. The highest BCUT2D eigenvalue weighted by Crippen LogP contribution is 2.25. The van der Waals surface area contributed by atoms with Gasteiger partial charge in [-0.2, -0.15) is 0 Å². The number of rotatable bonds is 2. The van der Waals surface area contributed by atoms with Crippen molar-refractivity contribution in [3.8, 4) is 5.75 Å². The van der Waals surface area contributed by atoms with Crippen molar-refractivity contribution >= 4 is 5.91 Å². The van der Waals surface area contributed by atoms with Crippen molar-refractivity contribution in [1.82, 2.24) is 4.90 Å². The molecule has 19 heavy (non-hydrogen) atoms. The number of β-amino-alcohol motifs (C(OH)–C–C–N with tert-alkyl or cyclic N) is 1. The van der Waals surface area contributed by atoms with Crippen LogP contribution in [0.5, 0.6) is 5.75 Å². The van der Waals surface area contributed by atoms with E-state index in [1.165, 1.54) is 0 Å². The van der Waals surface area contributed by atoms with Gasteiger partial charge in [0.1, 0.15) is 5.75 Å². The Hall–Kier alpha value is -1.55. The standard InChI is InChI=1S/C15H21NO3/c1-10-7-13(14(19-3)8-11(10)2)15(18)16-6-4-5-12(17)9-16/h7-8,12,17H,4-6,9H2,1-3H3. The van der Waals surface area contributed by atoms with Gasteiger partial charge in [0.05, 0.1) is 18.8 Å². The molecule has 1 atom stereocenters. The number of methoxy groups -OCH3 is 1. The first kappa shape index (κ1) is 13.9. The molecule has 4 nitrogen and oxygen atoms in total. The predicted octanol–water partition coefficient (Wildman–Crippen LogP) is 1.91. The summed E-state index contributed by atoms with van der Waals surface area (Å²) in [6, 6.07) is 3.76. The first-order valence-electron chi connectivity index (χ1n) is 6.65. The van der Waals surface area contributed by atoms with E-state index < -0.39 is 6.10 Å². The summed E-state index contributed by atoms with van der Waals surface area (Å²) < 4.78 is 5.31. The molecule has 1 aromatic rings. The zero-order chi connectivity index (χ0) is 14.0. The second-order valence-corrected chi connectivity index (χ2v) is 5.18. The van der Waals surface area contributed by atoms with Crippen LogP contribution in [0.4, 0.5) is 0 Å². The lowest BCUT2D eigenvalue weighted by atomic mass is 10.0. The van der Waals surface area contributed by atoms with Crippen LogP contribution in [0.2, 0.25) is 0 Å². The van der Waals surface area contributed by atoms with Crippen LogP contribution < -0.4 is 4.74 Å². The fraction of sp³-hybridized carbons (Fsp3) is 0.533. The predicted molar refractivity (Wildman–Crippen MR) is 73.6 cm³/mol. The lowest BCUT2D eigenvalue weighted by molar-refractivity contribution is 0.0471. The molecule has 1 N–H and O–H groups in total. The number of carbonyl (C=O) groups excluding carboxylic acids is 1. The molecule has 0 aromatic heterocycles. The smallest absolute Gasteiger partial charge is 0.257 e. The number of likely N-dealkylation sites (tertiary alicyclic amines) is 1. The van der Waals surface area contributed by atoms with Crippen LogP contribution in [0.25, 0.3) is 0 Å². The van der Waals surface area contributed by atoms with Crippen LogP contribution in [0, 0.1) is 13.8 Å². The second-order valence-electron chi connectivity index (χ2n) is 5.18. The van der Waals surface area contributed by atoms with E-state index in [1.807, 2.05) is 26.0 Å². The summed E-state index contributed by atoms with van der Waals surface area (Å²) in [7, 11) is 1.58. The molecule has 1 fully saturated rings. The molecular formula is C15H21NO3. The van der Waals surface area contributed by atoms with Gasteiger partial charge in [-0.05, 0) is 49.9 Å². The summed E-state index contributed by atoms with van der Waals surface area (Å²) >= 11 is 0. The van der Waals surface area contributed by atoms with E-state index in [4.69, 9.17) is 4.74 Å². The minimum Gasteiger partial charge on any atom is -0.496 e. The Morgan fingerprint density at radius 1 is 1.37 bits per heavy atom. The van der Waals surface area contributed by atoms with Crippen molar-refractivity contribution in [3.63, 3.8) is 0 Å². The zero-order valence-corrected chi connectivity index (χ0v) is 11.8. The number of nitrogens with zero attached hydrogens (tertiary/aromatic N) is 1. The minimum absolute atomic E-state index is 0.0568. The molecule has 1 aliphatic rings. The van der Waals surface area contributed by atoms with Crippen molar-refractivity contribution in [1.29, 1.82) is 0 Å². The molecule has 0 radical (unpaired) electrons. The fourth-order valence-corrected chi connectivity index (χ4v) is 2.44. The van der Waals surface area contributed by atoms with E-state index in [-0.39, 0.29) is 5.91 Å². The largest absolute Gasteiger partial charge is 0.496 e.